The standard InChI is InChI=1S/C22H20ClN3O4S/c1-16-2-12-21(13-3-16)31(28,29)26-24-14-17-4-10-20(11-5-17)30-15-22(27)25-19-8-6-18(23)7-9-19/h2-14,26H,15H2,1H3,(H,25,27)/b24-14-. The summed E-state index contributed by atoms with van der Waals surface area (Å²) < 4.78 is 29.8. The van der Waals surface area contributed by atoms with E-state index in [1.807, 2.05) is 6.92 Å². The minimum Gasteiger partial charge on any atom is -0.484 e. The average Bonchev–Trinajstić information content (AvgIpc) is 2.75. The molecule has 7 nitrogen and oxygen atoms in total. The third-order valence-electron chi connectivity index (χ3n) is 4.10. The van der Waals surface area contributed by atoms with Gasteiger partial charge in [0.2, 0.25) is 0 Å². The highest BCUT2D eigenvalue weighted by Gasteiger charge is 2.11. The van der Waals surface area contributed by atoms with Gasteiger partial charge < -0.3 is 10.1 Å². The summed E-state index contributed by atoms with van der Waals surface area (Å²) >= 11 is 5.81. The highest BCUT2D eigenvalue weighted by Crippen LogP contribution is 2.14. The fourth-order valence-electron chi connectivity index (χ4n) is 2.47. The normalized spacial score (nSPS) is 11.3. The van der Waals surface area contributed by atoms with E-state index in [0.717, 1.165) is 5.56 Å². The van der Waals surface area contributed by atoms with Crippen LogP contribution in [0.25, 0.3) is 0 Å². The molecule has 31 heavy (non-hydrogen) atoms. The zero-order valence-electron chi connectivity index (χ0n) is 16.6. The molecule has 3 aromatic carbocycles. The first-order valence-electron chi connectivity index (χ1n) is 9.22. The van der Waals surface area contributed by atoms with Crippen LogP contribution >= 0.6 is 11.6 Å². The molecule has 0 bridgehead atoms. The summed E-state index contributed by atoms with van der Waals surface area (Å²) in [5, 5.41) is 7.08. The van der Waals surface area contributed by atoms with Gasteiger partial charge >= 0.3 is 0 Å². The van der Waals surface area contributed by atoms with Gasteiger partial charge in [-0.2, -0.15) is 13.5 Å². The zero-order valence-corrected chi connectivity index (χ0v) is 18.2. The number of halogens is 1. The first kappa shape index (κ1) is 22.3. The summed E-state index contributed by atoms with van der Waals surface area (Å²) in [6.45, 7) is 1.72. The summed E-state index contributed by atoms with van der Waals surface area (Å²) in [4.78, 5) is 14.3. The van der Waals surface area contributed by atoms with Crippen molar-refractivity contribution in [3.63, 3.8) is 0 Å². The van der Waals surface area contributed by atoms with Gasteiger partial charge in [0.25, 0.3) is 15.9 Å². The van der Waals surface area contributed by atoms with Crippen LogP contribution in [0, 0.1) is 6.92 Å². The molecule has 9 heteroatoms. The van der Waals surface area contributed by atoms with Crippen LogP contribution in [0.5, 0.6) is 5.75 Å². The SMILES string of the molecule is Cc1ccc(S(=O)(=O)N/N=C\c2ccc(OCC(=O)Nc3ccc(Cl)cc3)cc2)cc1. The summed E-state index contributed by atoms with van der Waals surface area (Å²) in [5.74, 6) is 0.183. The van der Waals surface area contributed by atoms with Crippen molar-refractivity contribution in [1.29, 1.82) is 0 Å². The number of hydrogen-bond acceptors (Lipinski definition) is 5. The molecule has 0 aromatic heterocycles. The van der Waals surface area contributed by atoms with Crippen LogP contribution in [0.2, 0.25) is 5.02 Å². The van der Waals surface area contributed by atoms with Gasteiger partial charge in [0.15, 0.2) is 6.61 Å². The molecule has 0 aliphatic rings. The molecule has 0 saturated heterocycles. The smallest absolute Gasteiger partial charge is 0.276 e. The van der Waals surface area contributed by atoms with Crippen LogP contribution in [-0.4, -0.2) is 27.1 Å². The molecule has 2 N–H and O–H groups in total. The number of ether oxygens (including phenoxy) is 1. The maximum atomic E-state index is 12.2. The highest BCUT2D eigenvalue weighted by molar-refractivity contribution is 7.89. The molecule has 0 atom stereocenters. The Labute approximate surface area is 185 Å². The Morgan fingerprint density at radius 3 is 2.29 bits per heavy atom. The number of nitrogens with zero attached hydrogens (tertiary/aromatic N) is 1. The lowest BCUT2D eigenvalue weighted by atomic mass is 10.2. The fraction of sp³-hybridized carbons (Fsp3) is 0.0909. The molecule has 0 saturated carbocycles. The van der Waals surface area contributed by atoms with E-state index in [-0.39, 0.29) is 17.4 Å². The Bertz CT molecular complexity index is 1160. The second-order valence-electron chi connectivity index (χ2n) is 6.58. The van der Waals surface area contributed by atoms with Crippen molar-refractivity contribution in [2.24, 2.45) is 5.10 Å². The van der Waals surface area contributed by atoms with Gasteiger partial charge in [0.05, 0.1) is 11.1 Å². The third-order valence-corrected chi connectivity index (χ3v) is 5.59. The summed E-state index contributed by atoms with van der Waals surface area (Å²) in [6, 6.07) is 19.9. The minimum atomic E-state index is -3.73. The second-order valence-corrected chi connectivity index (χ2v) is 8.68. The van der Waals surface area contributed by atoms with E-state index in [9.17, 15) is 13.2 Å². The van der Waals surface area contributed by atoms with Gasteiger partial charge in [-0.25, -0.2) is 4.83 Å². The number of hydrazone groups is 1. The quantitative estimate of drug-likeness (QED) is 0.395. The Balaban J connectivity index is 1.49. The van der Waals surface area contributed by atoms with Crippen molar-refractivity contribution in [1.82, 2.24) is 4.83 Å². The predicted molar refractivity (Wildman–Crippen MR) is 121 cm³/mol. The molecule has 0 aliphatic carbocycles. The second kappa shape index (κ2) is 10.1. The molecule has 0 fully saturated rings. The number of anilines is 1. The average molecular weight is 458 g/mol. The predicted octanol–water partition coefficient (Wildman–Crippen LogP) is 3.98. The van der Waals surface area contributed by atoms with Crippen LogP contribution in [0.15, 0.2) is 82.8 Å². The first-order valence-corrected chi connectivity index (χ1v) is 11.1. The fourth-order valence-corrected chi connectivity index (χ4v) is 3.39. The van der Waals surface area contributed by atoms with E-state index in [1.165, 1.54) is 18.3 Å². The maximum Gasteiger partial charge on any atom is 0.276 e. The lowest BCUT2D eigenvalue weighted by Gasteiger charge is -2.08. The van der Waals surface area contributed by atoms with Crippen molar-refractivity contribution >= 4 is 39.4 Å². The molecular formula is C22H20ClN3O4S. The van der Waals surface area contributed by atoms with E-state index in [4.69, 9.17) is 16.3 Å². The molecule has 0 spiro atoms. The maximum absolute atomic E-state index is 12.2. The molecule has 0 heterocycles. The number of carbonyl (C=O) groups excluding carboxylic acids is 1. The molecule has 0 unspecified atom stereocenters. The van der Waals surface area contributed by atoms with Crippen LogP contribution in [-0.2, 0) is 14.8 Å². The van der Waals surface area contributed by atoms with Crippen molar-refractivity contribution in [2.75, 3.05) is 11.9 Å². The third kappa shape index (κ3) is 6.84. The summed E-state index contributed by atoms with van der Waals surface area (Å²) in [6.07, 6.45) is 1.38. The van der Waals surface area contributed by atoms with Gasteiger partial charge in [-0.15, -0.1) is 0 Å². The van der Waals surface area contributed by atoms with Crippen molar-refractivity contribution < 1.29 is 17.9 Å². The summed E-state index contributed by atoms with van der Waals surface area (Å²) in [5.41, 5.74) is 2.24. The van der Waals surface area contributed by atoms with Crippen LogP contribution in [0.4, 0.5) is 5.69 Å². The first-order chi connectivity index (χ1) is 14.8. The van der Waals surface area contributed by atoms with Crippen LogP contribution < -0.4 is 14.9 Å². The lowest BCUT2D eigenvalue weighted by Crippen LogP contribution is -2.20. The van der Waals surface area contributed by atoms with E-state index in [1.54, 1.807) is 60.7 Å². The molecule has 160 valence electrons. The monoisotopic (exact) mass is 457 g/mol. The van der Waals surface area contributed by atoms with Gasteiger partial charge in [-0.3, -0.25) is 4.79 Å². The van der Waals surface area contributed by atoms with Crippen molar-refractivity contribution in [2.45, 2.75) is 11.8 Å². The lowest BCUT2D eigenvalue weighted by molar-refractivity contribution is -0.118. The number of nitrogens with one attached hydrogen (secondary N) is 2. The molecular weight excluding hydrogens is 438 g/mol. The number of aryl methyl sites for hydroxylation is 1. The van der Waals surface area contributed by atoms with Gasteiger partial charge in [-0.05, 0) is 73.2 Å². The number of benzene rings is 3. The number of sulfonamides is 1. The molecule has 1 amide bonds. The Morgan fingerprint density at radius 2 is 1.65 bits per heavy atom. The number of amides is 1. The van der Waals surface area contributed by atoms with Gasteiger partial charge in [-0.1, -0.05) is 29.3 Å². The zero-order chi connectivity index (χ0) is 22.3. The van der Waals surface area contributed by atoms with Crippen molar-refractivity contribution in [3.05, 3.63) is 88.9 Å². The van der Waals surface area contributed by atoms with Gasteiger partial charge in [0, 0.05) is 10.7 Å². The van der Waals surface area contributed by atoms with E-state index in [2.05, 4.69) is 15.2 Å². The van der Waals surface area contributed by atoms with E-state index < -0.39 is 10.0 Å². The highest BCUT2D eigenvalue weighted by atomic mass is 35.5. The van der Waals surface area contributed by atoms with E-state index >= 15 is 0 Å². The molecule has 3 aromatic rings. The summed E-state index contributed by atoms with van der Waals surface area (Å²) in [7, 11) is -3.73. The molecule has 3 rings (SSSR count). The Morgan fingerprint density at radius 1 is 1.00 bits per heavy atom. The van der Waals surface area contributed by atoms with Crippen LogP contribution in [0.3, 0.4) is 0 Å². The van der Waals surface area contributed by atoms with Gasteiger partial charge in [0.1, 0.15) is 5.75 Å². The largest absolute Gasteiger partial charge is 0.484 e. The number of hydrogen-bond donors (Lipinski definition) is 2. The Kier molecular flexibility index (Phi) is 7.28. The van der Waals surface area contributed by atoms with Crippen LogP contribution in [0.1, 0.15) is 11.1 Å². The minimum absolute atomic E-state index is 0.135. The number of carbonyl (C=O) groups is 1. The number of rotatable bonds is 8. The molecule has 0 radical (unpaired) electrons. The van der Waals surface area contributed by atoms with Crippen molar-refractivity contribution in [3.8, 4) is 5.75 Å². The molecule has 0 aliphatic heterocycles. The Hall–Kier alpha value is -3.36. The van der Waals surface area contributed by atoms with E-state index in [0.29, 0.717) is 22.0 Å². The topological polar surface area (TPSA) is 96.9 Å².